The Morgan fingerprint density at radius 2 is 2.00 bits per heavy atom. The van der Waals surface area contributed by atoms with Gasteiger partial charge in [0.1, 0.15) is 0 Å². The molecule has 2 heteroatoms. The topological polar surface area (TPSA) is 46.2 Å². The molecule has 0 aliphatic heterocycles. The van der Waals surface area contributed by atoms with Crippen LogP contribution in [0.4, 0.5) is 0 Å². The fourth-order valence-corrected chi connectivity index (χ4v) is 2.74. The number of benzene rings is 1. The maximum atomic E-state index is 10.4. The molecule has 1 aromatic rings. The van der Waals surface area contributed by atoms with Crippen molar-refractivity contribution in [2.24, 2.45) is 11.7 Å². The van der Waals surface area contributed by atoms with Crippen LogP contribution in [-0.2, 0) is 0 Å². The number of hydrogen-bond donors (Lipinski definition) is 2. The number of rotatable bonds is 5. The van der Waals surface area contributed by atoms with Gasteiger partial charge in [0.2, 0.25) is 0 Å². The van der Waals surface area contributed by atoms with Crippen LogP contribution in [0.2, 0.25) is 0 Å². The van der Waals surface area contributed by atoms with E-state index in [2.05, 4.69) is 32.0 Å². The van der Waals surface area contributed by atoms with Gasteiger partial charge in [0.25, 0.3) is 0 Å². The van der Waals surface area contributed by atoms with Gasteiger partial charge < -0.3 is 10.8 Å². The van der Waals surface area contributed by atoms with Crippen molar-refractivity contribution >= 4 is 0 Å². The van der Waals surface area contributed by atoms with Crippen molar-refractivity contribution in [1.29, 1.82) is 0 Å². The summed E-state index contributed by atoms with van der Waals surface area (Å²) in [6.45, 7) is 4.75. The summed E-state index contributed by atoms with van der Waals surface area (Å²) in [6, 6.07) is 6.42. The van der Waals surface area contributed by atoms with E-state index in [-0.39, 0.29) is 12.0 Å². The molecule has 1 aliphatic carbocycles. The molecule has 0 saturated heterocycles. The lowest BCUT2D eigenvalue weighted by Crippen LogP contribution is -2.29. The minimum atomic E-state index is -0.289. The van der Waals surface area contributed by atoms with Crippen LogP contribution in [0.3, 0.4) is 0 Å². The van der Waals surface area contributed by atoms with E-state index >= 15 is 0 Å². The van der Waals surface area contributed by atoms with Gasteiger partial charge >= 0.3 is 0 Å². The van der Waals surface area contributed by atoms with E-state index in [9.17, 15) is 5.11 Å². The van der Waals surface area contributed by atoms with Crippen molar-refractivity contribution in [3.8, 4) is 0 Å². The summed E-state index contributed by atoms with van der Waals surface area (Å²) in [4.78, 5) is 0. The minimum Gasteiger partial charge on any atom is -0.392 e. The van der Waals surface area contributed by atoms with Gasteiger partial charge in [0, 0.05) is 12.5 Å². The zero-order valence-corrected chi connectivity index (χ0v) is 11.5. The smallest absolute Gasteiger partial charge is 0.0623 e. The Balaban J connectivity index is 2.08. The molecular weight excluding hydrogens is 222 g/mol. The van der Waals surface area contributed by atoms with Crippen molar-refractivity contribution in [2.75, 3.05) is 6.54 Å². The monoisotopic (exact) mass is 247 g/mol. The fraction of sp³-hybridized carbons (Fsp3) is 0.625. The van der Waals surface area contributed by atoms with Gasteiger partial charge in [-0.3, -0.25) is 0 Å². The van der Waals surface area contributed by atoms with Crippen LogP contribution in [0.25, 0.3) is 0 Å². The minimum absolute atomic E-state index is 0.0879. The predicted molar refractivity (Wildman–Crippen MR) is 75.7 cm³/mol. The maximum absolute atomic E-state index is 10.4. The van der Waals surface area contributed by atoms with Crippen LogP contribution in [0.5, 0.6) is 0 Å². The molecule has 3 N–H and O–H groups in total. The molecule has 0 radical (unpaired) electrons. The molecule has 0 amide bonds. The zero-order valence-electron chi connectivity index (χ0n) is 11.5. The van der Waals surface area contributed by atoms with E-state index in [4.69, 9.17) is 5.73 Å². The SMILES string of the molecule is Cc1ccc(C(CN)C(O)CC2CCC2)cc1C. The summed E-state index contributed by atoms with van der Waals surface area (Å²) >= 11 is 0. The third-order valence-corrected chi connectivity index (χ3v) is 4.48. The standard InChI is InChI=1S/C16H25NO/c1-11-6-7-14(8-12(11)2)15(10-17)16(18)9-13-4-3-5-13/h6-8,13,15-16,18H,3-5,9-10,17H2,1-2H3. The van der Waals surface area contributed by atoms with Crippen molar-refractivity contribution in [3.63, 3.8) is 0 Å². The summed E-state index contributed by atoms with van der Waals surface area (Å²) in [5.41, 5.74) is 9.63. The van der Waals surface area contributed by atoms with Crippen molar-refractivity contribution in [3.05, 3.63) is 34.9 Å². The van der Waals surface area contributed by atoms with E-state index in [1.54, 1.807) is 0 Å². The molecule has 1 aromatic carbocycles. The molecule has 0 aromatic heterocycles. The van der Waals surface area contributed by atoms with Crippen LogP contribution >= 0.6 is 0 Å². The molecule has 18 heavy (non-hydrogen) atoms. The highest BCUT2D eigenvalue weighted by atomic mass is 16.3. The first-order valence-electron chi connectivity index (χ1n) is 7.07. The molecule has 100 valence electrons. The lowest BCUT2D eigenvalue weighted by molar-refractivity contribution is 0.0951. The predicted octanol–water partition coefficient (Wildman–Crippen LogP) is 2.90. The number of aliphatic hydroxyl groups is 1. The van der Waals surface area contributed by atoms with Crippen molar-refractivity contribution in [2.45, 2.75) is 51.6 Å². The Kier molecular flexibility index (Phi) is 4.41. The lowest BCUT2D eigenvalue weighted by Gasteiger charge is -2.31. The average Bonchev–Trinajstić information content (AvgIpc) is 2.29. The summed E-state index contributed by atoms with van der Waals surface area (Å²) in [7, 11) is 0. The van der Waals surface area contributed by atoms with Gasteiger partial charge in [0.05, 0.1) is 6.10 Å². The van der Waals surface area contributed by atoms with Crippen LogP contribution in [0, 0.1) is 19.8 Å². The molecule has 0 heterocycles. The first kappa shape index (κ1) is 13.6. The summed E-state index contributed by atoms with van der Waals surface area (Å²) in [6.07, 6.45) is 4.51. The Morgan fingerprint density at radius 3 is 2.50 bits per heavy atom. The molecule has 2 atom stereocenters. The Hall–Kier alpha value is -0.860. The van der Waals surface area contributed by atoms with Crippen LogP contribution in [0.1, 0.15) is 48.3 Å². The molecule has 0 spiro atoms. The van der Waals surface area contributed by atoms with Crippen LogP contribution < -0.4 is 5.73 Å². The van der Waals surface area contributed by atoms with Crippen LogP contribution in [-0.4, -0.2) is 17.8 Å². The highest BCUT2D eigenvalue weighted by Gasteiger charge is 2.26. The van der Waals surface area contributed by atoms with E-state index < -0.39 is 0 Å². The van der Waals surface area contributed by atoms with Crippen LogP contribution in [0.15, 0.2) is 18.2 Å². The third kappa shape index (κ3) is 2.93. The number of hydrogen-bond acceptors (Lipinski definition) is 2. The number of aryl methyl sites for hydroxylation is 2. The quantitative estimate of drug-likeness (QED) is 0.840. The Labute approximate surface area is 110 Å². The number of aliphatic hydroxyl groups excluding tert-OH is 1. The van der Waals surface area contributed by atoms with Gasteiger partial charge in [-0.2, -0.15) is 0 Å². The van der Waals surface area contributed by atoms with Gasteiger partial charge in [-0.25, -0.2) is 0 Å². The molecule has 1 fully saturated rings. The largest absolute Gasteiger partial charge is 0.392 e. The second kappa shape index (κ2) is 5.85. The summed E-state index contributed by atoms with van der Waals surface area (Å²) in [5.74, 6) is 0.811. The summed E-state index contributed by atoms with van der Waals surface area (Å²) in [5, 5.41) is 10.4. The van der Waals surface area contributed by atoms with E-state index in [1.165, 1.54) is 36.0 Å². The Bertz CT molecular complexity index is 398. The van der Waals surface area contributed by atoms with Crippen molar-refractivity contribution in [1.82, 2.24) is 0 Å². The molecule has 1 aliphatic rings. The molecule has 1 saturated carbocycles. The van der Waals surface area contributed by atoms with Crippen molar-refractivity contribution < 1.29 is 5.11 Å². The molecule has 0 bridgehead atoms. The van der Waals surface area contributed by atoms with E-state index in [1.807, 2.05) is 0 Å². The normalized spacial score (nSPS) is 19.3. The second-order valence-electron chi connectivity index (χ2n) is 5.79. The number of nitrogens with two attached hydrogens (primary N) is 1. The first-order chi connectivity index (χ1) is 8.61. The van der Waals surface area contributed by atoms with Gasteiger partial charge in [0.15, 0.2) is 0 Å². The fourth-order valence-electron chi connectivity index (χ4n) is 2.74. The molecular formula is C16H25NO. The second-order valence-corrected chi connectivity index (χ2v) is 5.79. The Morgan fingerprint density at radius 1 is 1.28 bits per heavy atom. The first-order valence-corrected chi connectivity index (χ1v) is 7.07. The van der Waals surface area contributed by atoms with Gasteiger partial charge in [-0.05, 0) is 42.9 Å². The van der Waals surface area contributed by atoms with E-state index in [0.717, 1.165) is 12.3 Å². The van der Waals surface area contributed by atoms with Gasteiger partial charge in [-0.15, -0.1) is 0 Å². The molecule has 2 nitrogen and oxygen atoms in total. The lowest BCUT2D eigenvalue weighted by atomic mass is 9.78. The van der Waals surface area contributed by atoms with E-state index in [0.29, 0.717) is 6.54 Å². The highest BCUT2D eigenvalue weighted by molar-refractivity contribution is 5.32. The third-order valence-electron chi connectivity index (χ3n) is 4.48. The zero-order chi connectivity index (χ0) is 13.1. The van der Waals surface area contributed by atoms with Gasteiger partial charge in [-0.1, -0.05) is 37.5 Å². The highest BCUT2D eigenvalue weighted by Crippen LogP contribution is 2.34. The molecule has 2 unspecified atom stereocenters. The maximum Gasteiger partial charge on any atom is 0.0623 e. The average molecular weight is 247 g/mol. The summed E-state index contributed by atoms with van der Waals surface area (Å²) < 4.78 is 0. The molecule has 2 rings (SSSR count).